The molecule has 4 nitrogen and oxygen atoms in total. The van der Waals surface area contributed by atoms with Gasteiger partial charge >= 0.3 is 7.12 Å². The van der Waals surface area contributed by atoms with Gasteiger partial charge in [0, 0.05) is 13.4 Å². The number of hydrogen-bond acceptors (Lipinski definition) is 3. The summed E-state index contributed by atoms with van der Waals surface area (Å²) < 4.78 is 3.00. The second kappa shape index (κ2) is 14.5. The maximum atomic E-state index is 8.65. The van der Waals surface area contributed by atoms with Gasteiger partial charge in [0.2, 0.25) is 0 Å². The van der Waals surface area contributed by atoms with Crippen molar-refractivity contribution in [3.8, 4) is 17.2 Å². The summed E-state index contributed by atoms with van der Waals surface area (Å²) in [4.78, 5) is 3.36. The van der Waals surface area contributed by atoms with Crippen LogP contribution in [0.15, 0.2) is 110 Å². The van der Waals surface area contributed by atoms with Crippen LogP contribution in [0.2, 0.25) is 0 Å². The van der Waals surface area contributed by atoms with Crippen LogP contribution < -0.4 is 5.46 Å². The highest BCUT2D eigenvalue weighted by Gasteiger charge is 2.08. The van der Waals surface area contributed by atoms with Crippen molar-refractivity contribution in [2.24, 2.45) is 0 Å². The minimum atomic E-state index is -1.37. The molecule has 4 aromatic carbocycles. The highest BCUT2D eigenvalue weighted by Crippen LogP contribution is 2.24. The number of rotatable bonds is 2. The van der Waals surface area contributed by atoms with E-state index >= 15 is 0 Å². The first kappa shape index (κ1) is 27.5. The number of hydrogen-bond donors (Lipinski definition) is 2. The van der Waals surface area contributed by atoms with Gasteiger partial charge in [0.05, 0.1) is 18.2 Å². The van der Waals surface area contributed by atoms with E-state index in [2.05, 4.69) is 64.8 Å². The predicted octanol–water partition coefficient (Wildman–Crippen LogP) is 7.12. The van der Waals surface area contributed by atoms with Crippen molar-refractivity contribution in [2.75, 3.05) is 0 Å². The van der Waals surface area contributed by atoms with Crippen LogP contribution in [0.4, 0.5) is 5.69 Å². The molecule has 0 saturated carbocycles. The fourth-order valence-electron chi connectivity index (χ4n) is 2.53. The lowest BCUT2D eigenvalue weighted by atomic mass is 9.81. The molecule has 2 N–H and O–H groups in total. The van der Waals surface area contributed by atoms with E-state index in [1.54, 1.807) is 36.4 Å². The summed E-state index contributed by atoms with van der Waals surface area (Å²) >= 11 is 9.90. The molecule has 168 valence electrons. The molecule has 4 aromatic rings. The Labute approximate surface area is 224 Å². The van der Waals surface area contributed by atoms with Crippen molar-refractivity contribution < 1.29 is 10.0 Å². The van der Waals surface area contributed by atoms with E-state index in [4.69, 9.17) is 21.9 Å². The van der Waals surface area contributed by atoms with Crippen LogP contribution in [-0.2, 0) is 0 Å². The Bertz CT molecular complexity index is 1250. The van der Waals surface area contributed by atoms with Crippen LogP contribution in [0.25, 0.3) is 16.0 Å². The molecule has 0 saturated heterocycles. The quantitative estimate of drug-likeness (QED) is 0.181. The second-order valence-corrected chi connectivity index (χ2v) is 9.46. The van der Waals surface area contributed by atoms with Gasteiger partial charge in [-0.15, -0.1) is 0 Å². The van der Waals surface area contributed by atoms with Crippen LogP contribution in [0.5, 0.6) is 0 Å². The Hall–Kier alpha value is -2.72. The summed E-state index contributed by atoms with van der Waals surface area (Å²) in [7, 11) is -1.37. The van der Waals surface area contributed by atoms with Crippen LogP contribution in [0.1, 0.15) is 5.56 Å². The number of benzene rings is 4. The minimum Gasteiger partial charge on any atom is -0.423 e. The molecule has 0 atom stereocenters. The summed E-state index contributed by atoms with van der Waals surface area (Å²) in [6.07, 6.45) is 0. The molecule has 0 heterocycles. The molecule has 0 aromatic heterocycles. The molecule has 4 rings (SSSR count). The van der Waals surface area contributed by atoms with Gasteiger partial charge in [-0.05, 0) is 65.1 Å². The fourth-order valence-corrected chi connectivity index (χ4v) is 3.32. The van der Waals surface area contributed by atoms with Crippen LogP contribution >= 0.6 is 47.8 Å². The highest BCUT2D eigenvalue weighted by molar-refractivity contribution is 9.11. The molecular weight excluding hydrogens is 623 g/mol. The fraction of sp³-hybridized carbons (Fsp3) is 0. The average molecular weight is 641 g/mol. The van der Waals surface area contributed by atoms with E-state index in [-0.39, 0.29) is 0 Å². The van der Waals surface area contributed by atoms with E-state index in [1.807, 2.05) is 54.6 Å². The van der Waals surface area contributed by atoms with Crippen molar-refractivity contribution in [1.82, 2.24) is 0 Å². The minimum absolute atomic E-state index is 0.503. The third-order valence-corrected chi connectivity index (χ3v) is 5.90. The summed E-state index contributed by atoms with van der Waals surface area (Å²) in [5.74, 6) is 0. The molecule has 0 unspecified atom stereocenters. The molecule has 0 aliphatic carbocycles. The zero-order chi connectivity index (χ0) is 24.9. The van der Waals surface area contributed by atoms with Gasteiger partial charge in [0.15, 0.2) is 5.69 Å². The van der Waals surface area contributed by atoms with Gasteiger partial charge < -0.3 is 10.0 Å². The summed E-state index contributed by atoms with van der Waals surface area (Å²) in [6, 6.07) is 31.8. The number of nitriles is 1. The molecule has 0 aliphatic heterocycles. The van der Waals surface area contributed by atoms with E-state index in [9.17, 15) is 0 Å². The van der Waals surface area contributed by atoms with E-state index in [0.29, 0.717) is 16.7 Å². The third-order valence-electron chi connectivity index (χ3n) is 4.32. The van der Waals surface area contributed by atoms with E-state index < -0.39 is 7.12 Å². The first-order chi connectivity index (χ1) is 16.3. The Kier molecular flexibility index (Phi) is 11.8. The molecule has 0 amide bonds. The topological polar surface area (TPSA) is 68.6 Å². The van der Waals surface area contributed by atoms with Gasteiger partial charge in [-0.25, -0.2) is 4.85 Å². The van der Waals surface area contributed by atoms with Crippen LogP contribution in [0.3, 0.4) is 0 Å². The van der Waals surface area contributed by atoms with E-state index in [0.717, 1.165) is 24.5 Å². The second-order valence-electron chi connectivity index (χ2n) is 6.71. The van der Waals surface area contributed by atoms with Gasteiger partial charge in [-0.3, -0.25) is 0 Å². The van der Waals surface area contributed by atoms with Crippen LogP contribution in [-0.4, -0.2) is 17.2 Å². The summed E-state index contributed by atoms with van der Waals surface area (Å²) in [5, 5.41) is 25.7. The largest absolute Gasteiger partial charge is 0.488 e. The van der Waals surface area contributed by atoms with E-state index in [1.165, 1.54) is 0 Å². The van der Waals surface area contributed by atoms with Crippen LogP contribution in [0, 0.1) is 17.9 Å². The molecule has 0 aliphatic rings. The summed E-state index contributed by atoms with van der Waals surface area (Å²) in [6.45, 7) is 6.87. The molecule has 0 fully saturated rings. The van der Waals surface area contributed by atoms with Crippen molar-refractivity contribution in [3.63, 3.8) is 0 Å². The maximum absolute atomic E-state index is 8.65. The lowest BCUT2D eigenvalue weighted by molar-refractivity contribution is 0.426. The molecule has 8 heteroatoms. The van der Waals surface area contributed by atoms with Gasteiger partial charge in [0.25, 0.3) is 0 Å². The normalized spacial score (nSPS) is 9.26. The maximum Gasteiger partial charge on any atom is 0.488 e. The Balaban J connectivity index is 0.000000189. The first-order valence-corrected chi connectivity index (χ1v) is 12.2. The zero-order valence-corrected chi connectivity index (χ0v) is 22.5. The zero-order valence-electron chi connectivity index (χ0n) is 17.7. The lowest BCUT2D eigenvalue weighted by Gasteiger charge is -2.01. The molecule has 0 spiro atoms. The molecule has 0 radical (unpaired) electrons. The average Bonchev–Trinajstić information content (AvgIpc) is 2.86. The third kappa shape index (κ3) is 9.65. The Morgan fingerprint density at radius 2 is 1.03 bits per heavy atom. The van der Waals surface area contributed by atoms with Crippen molar-refractivity contribution in [2.45, 2.75) is 0 Å². The molecule has 0 bridgehead atoms. The Morgan fingerprint density at radius 3 is 1.41 bits per heavy atom. The Morgan fingerprint density at radius 1 is 0.647 bits per heavy atom. The lowest BCUT2D eigenvalue weighted by Crippen LogP contribution is -2.29. The van der Waals surface area contributed by atoms with Crippen molar-refractivity contribution in [3.05, 3.63) is 127 Å². The van der Waals surface area contributed by atoms with Gasteiger partial charge in [-0.2, -0.15) is 5.26 Å². The highest BCUT2D eigenvalue weighted by atomic mass is 79.9. The standard InChI is InChI=1S/C13H8BrN.C7H4BrN.C6H6BBrO2/c1-15-13-8-4-11(5-9-13)10-2-6-12(14)7-3-10;8-7-3-1-6(5-9)2-4-7;8-6-3-1-5(2-4-6)7(9)10/h2-9H;1-4H;1-4,9-10H. The number of nitrogens with zero attached hydrogens (tertiary/aromatic N) is 2. The predicted molar refractivity (Wildman–Crippen MR) is 149 cm³/mol. The summed E-state index contributed by atoms with van der Waals surface area (Å²) in [5.41, 5.74) is 4.17. The van der Waals surface area contributed by atoms with Crippen molar-refractivity contribution >= 4 is 66.1 Å². The van der Waals surface area contributed by atoms with Crippen molar-refractivity contribution in [1.29, 1.82) is 5.26 Å². The number of halogens is 3. The van der Waals surface area contributed by atoms with Gasteiger partial charge in [0.1, 0.15) is 0 Å². The molecule has 34 heavy (non-hydrogen) atoms. The monoisotopic (exact) mass is 638 g/mol. The smallest absolute Gasteiger partial charge is 0.423 e. The SMILES string of the molecule is N#Cc1ccc(Br)cc1.OB(O)c1ccc(Br)cc1.[C-]#[N+]c1ccc(-c2ccc(Br)cc2)cc1. The first-order valence-electron chi connectivity index (χ1n) is 9.83. The molecular formula is C26H18BBr3N2O2. The van der Waals surface area contributed by atoms with Gasteiger partial charge in [-0.1, -0.05) is 96.3 Å².